The summed E-state index contributed by atoms with van der Waals surface area (Å²) in [7, 11) is 0. The topological polar surface area (TPSA) is 43.0 Å². The number of halogens is 1. The standard InChI is InChI=1S/C33H35ClN2O3S/c1-24-32(35-40-2)7-4-8-33(24)36(20-25-9-13-28(34)14-10-25)21-26-11-15-29(16-12-26)39-31-6-3-5-30(19-31)38-23-27-17-18-37-22-27/h3-16,19,27,35H,17-18,20-23H2,1-2H3. The van der Waals surface area contributed by atoms with Crippen molar-refractivity contribution >= 4 is 34.9 Å². The number of benzene rings is 4. The monoisotopic (exact) mass is 574 g/mol. The Morgan fingerprint density at radius 2 is 1.60 bits per heavy atom. The van der Waals surface area contributed by atoms with Crippen molar-refractivity contribution in [2.24, 2.45) is 5.92 Å². The largest absolute Gasteiger partial charge is 0.493 e. The average Bonchev–Trinajstić information content (AvgIpc) is 3.49. The van der Waals surface area contributed by atoms with Crippen LogP contribution in [0.3, 0.4) is 0 Å². The van der Waals surface area contributed by atoms with Crippen molar-refractivity contribution in [2.45, 2.75) is 26.4 Å². The molecule has 208 valence electrons. The summed E-state index contributed by atoms with van der Waals surface area (Å²) in [5.74, 6) is 2.82. The van der Waals surface area contributed by atoms with Crippen LogP contribution >= 0.6 is 23.5 Å². The molecule has 1 saturated heterocycles. The molecular weight excluding hydrogens is 540 g/mol. The molecule has 0 spiro atoms. The zero-order valence-electron chi connectivity index (χ0n) is 22.9. The van der Waals surface area contributed by atoms with Gasteiger partial charge in [-0.3, -0.25) is 0 Å². The molecule has 5 nitrogen and oxygen atoms in total. The molecule has 1 aliphatic heterocycles. The van der Waals surface area contributed by atoms with Gasteiger partial charge in [0.05, 0.1) is 13.2 Å². The number of ether oxygens (including phenoxy) is 3. The van der Waals surface area contributed by atoms with E-state index >= 15 is 0 Å². The van der Waals surface area contributed by atoms with Gasteiger partial charge < -0.3 is 23.8 Å². The molecule has 1 aliphatic rings. The Bertz CT molecular complexity index is 1380. The van der Waals surface area contributed by atoms with Gasteiger partial charge in [0.1, 0.15) is 17.2 Å². The van der Waals surface area contributed by atoms with Crippen molar-refractivity contribution < 1.29 is 14.2 Å². The van der Waals surface area contributed by atoms with Crippen LogP contribution < -0.4 is 19.1 Å². The normalized spacial score (nSPS) is 14.6. The quantitative estimate of drug-likeness (QED) is 0.171. The number of rotatable bonds is 12. The molecule has 0 aromatic heterocycles. The van der Waals surface area contributed by atoms with Crippen LogP contribution in [0.4, 0.5) is 11.4 Å². The fraction of sp³-hybridized carbons (Fsp3) is 0.273. The van der Waals surface area contributed by atoms with Crippen molar-refractivity contribution in [3.8, 4) is 17.2 Å². The third-order valence-electron chi connectivity index (χ3n) is 6.99. The van der Waals surface area contributed by atoms with Crippen molar-refractivity contribution in [1.82, 2.24) is 0 Å². The maximum absolute atomic E-state index is 6.16. The minimum absolute atomic E-state index is 0.462. The van der Waals surface area contributed by atoms with Crippen LogP contribution in [0.1, 0.15) is 23.1 Å². The molecule has 1 unspecified atom stereocenters. The molecule has 4 aromatic carbocycles. The Morgan fingerprint density at radius 3 is 2.30 bits per heavy atom. The first-order valence-electron chi connectivity index (χ1n) is 13.5. The molecule has 5 rings (SSSR count). The summed E-state index contributed by atoms with van der Waals surface area (Å²) in [4.78, 5) is 2.40. The lowest BCUT2D eigenvalue weighted by Crippen LogP contribution is -2.23. The summed E-state index contributed by atoms with van der Waals surface area (Å²) in [6, 6.07) is 30.6. The highest BCUT2D eigenvalue weighted by Crippen LogP contribution is 2.32. The summed E-state index contributed by atoms with van der Waals surface area (Å²) in [5.41, 5.74) is 5.93. The van der Waals surface area contributed by atoms with Crippen molar-refractivity contribution in [3.05, 3.63) is 113 Å². The summed E-state index contributed by atoms with van der Waals surface area (Å²) < 4.78 is 21.0. The summed E-state index contributed by atoms with van der Waals surface area (Å²) in [5, 5.41) is 0.744. The number of nitrogens with one attached hydrogen (secondary N) is 1. The van der Waals surface area contributed by atoms with Gasteiger partial charge in [-0.05, 0) is 78.6 Å². The van der Waals surface area contributed by atoms with E-state index in [1.165, 1.54) is 22.4 Å². The highest BCUT2D eigenvalue weighted by Gasteiger charge is 2.17. The second kappa shape index (κ2) is 13.8. The molecule has 0 bridgehead atoms. The fourth-order valence-electron chi connectivity index (χ4n) is 4.80. The predicted molar refractivity (Wildman–Crippen MR) is 167 cm³/mol. The smallest absolute Gasteiger partial charge is 0.131 e. The molecule has 1 atom stereocenters. The zero-order chi connectivity index (χ0) is 27.7. The van der Waals surface area contributed by atoms with Crippen LogP contribution in [0.5, 0.6) is 17.2 Å². The SMILES string of the molecule is CSNc1cccc(N(Cc2ccc(Cl)cc2)Cc2ccc(Oc3cccc(OCC4CCOC4)c3)cc2)c1C. The number of anilines is 2. The lowest BCUT2D eigenvalue weighted by molar-refractivity contribution is 0.167. The first-order chi connectivity index (χ1) is 19.6. The van der Waals surface area contributed by atoms with Crippen molar-refractivity contribution in [2.75, 3.05) is 35.7 Å². The molecule has 0 amide bonds. The second-order valence-electron chi connectivity index (χ2n) is 10.00. The average molecular weight is 575 g/mol. The Balaban J connectivity index is 1.29. The summed E-state index contributed by atoms with van der Waals surface area (Å²) >= 11 is 7.75. The van der Waals surface area contributed by atoms with E-state index in [1.54, 1.807) is 11.9 Å². The van der Waals surface area contributed by atoms with Gasteiger partial charge in [0.25, 0.3) is 0 Å². The maximum atomic E-state index is 6.16. The van der Waals surface area contributed by atoms with E-state index in [9.17, 15) is 0 Å². The highest BCUT2D eigenvalue weighted by molar-refractivity contribution is 7.99. The van der Waals surface area contributed by atoms with Gasteiger partial charge >= 0.3 is 0 Å². The molecule has 4 aromatic rings. The zero-order valence-corrected chi connectivity index (χ0v) is 24.5. The minimum atomic E-state index is 0.462. The maximum Gasteiger partial charge on any atom is 0.131 e. The van der Waals surface area contributed by atoms with Gasteiger partial charge in [-0.2, -0.15) is 0 Å². The van der Waals surface area contributed by atoms with Crippen molar-refractivity contribution in [1.29, 1.82) is 0 Å². The first-order valence-corrected chi connectivity index (χ1v) is 15.1. The number of hydrogen-bond acceptors (Lipinski definition) is 6. The summed E-state index contributed by atoms with van der Waals surface area (Å²) in [6.07, 6.45) is 3.09. The highest BCUT2D eigenvalue weighted by atomic mass is 35.5. The third kappa shape index (κ3) is 7.66. The van der Waals surface area contributed by atoms with E-state index in [-0.39, 0.29) is 0 Å². The lowest BCUT2D eigenvalue weighted by Gasteiger charge is -2.28. The second-order valence-corrected chi connectivity index (χ2v) is 11.0. The predicted octanol–water partition coefficient (Wildman–Crippen LogP) is 8.75. The molecule has 1 heterocycles. The fourth-order valence-corrected chi connectivity index (χ4v) is 5.37. The molecule has 1 fully saturated rings. The third-order valence-corrected chi connectivity index (χ3v) is 7.67. The molecule has 7 heteroatoms. The van der Waals surface area contributed by atoms with E-state index in [1.807, 2.05) is 54.8 Å². The summed E-state index contributed by atoms with van der Waals surface area (Å²) in [6.45, 7) is 5.95. The van der Waals surface area contributed by atoms with E-state index in [4.69, 9.17) is 25.8 Å². The molecule has 1 N–H and O–H groups in total. The van der Waals surface area contributed by atoms with Crippen LogP contribution in [0, 0.1) is 12.8 Å². The Hall–Kier alpha value is -3.32. The van der Waals surface area contributed by atoms with Gasteiger partial charge in [-0.1, -0.05) is 59.9 Å². The van der Waals surface area contributed by atoms with Gasteiger partial charge in [-0.25, -0.2) is 0 Å². The van der Waals surface area contributed by atoms with Gasteiger partial charge in [-0.15, -0.1) is 0 Å². The molecule has 40 heavy (non-hydrogen) atoms. The minimum Gasteiger partial charge on any atom is -0.493 e. The molecule has 0 radical (unpaired) electrons. The van der Waals surface area contributed by atoms with Crippen LogP contribution in [0.15, 0.2) is 91.0 Å². The van der Waals surface area contributed by atoms with Crippen LogP contribution in [0.2, 0.25) is 5.02 Å². The molecular formula is C33H35ClN2O3S. The van der Waals surface area contributed by atoms with Crippen LogP contribution in [0.25, 0.3) is 0 Å². The van der Waals surface area contributed by atoms with E-state index in [0.29, 0.717) is 12.5 Å². The number of nitrogens with zero attached hydrogens (tertiary/aromatic N) is 1. The van der Waals surface area contributed by atoms with E-state index in [2.05, 4.69) is 59.0 Å². The lowest BCUT2D eigenvalue weighted by atomic mass is 10.1. The van der Waals surface area contributed by atoms with Gasteiger partial charge in [0.15, 0.2) is 0 Å². The van der Waals surface area contributed by atoms with Gasteiger partial charge in [0.2, 0.25) is 0 Å². The Labute approximate surface area is 246 Å². The van der Waals surface area contributed by atoms with Crippen molar-refractivity contribution in [3.63, 3.8) is 0 Å². The Kier molecular flexibility index (Phi) is 9.76. The van der Waals surface area contributed by atoms with Gasteiger partial charge in [0, 0.05) is 54.3 Å². The van der Waals surface area contributed by atoms with Crippen LogP contribution in [-0.4, -0.2) is 26.1 Å². The van der Waals surface area contributed by atoms with E-state index in [0.717, 1.165) is 60.7 Å². The Morgan fingerprint density at radius 1 is 0.900 bits per heavy atom. The molecule has 0 aliphatic carbocycles. The van der Waals surface area contributed by atoms with Crippen LogP contribution in [-0.2, 0) is 17.8 Å². The molecule has 0 saturated carbocycles. The first kappa shape index (κ1) is 28.2. The van der Waals surface area contributed by atoms with E-state index < -0.39 is 0 Å². The number of hydrogen-bond donors (Lipinski definition) is 1.